The molecule has 1 amide bonds. The summed E-state index contributed by atoms with van der Waals surface area (Å²) in [6.45, 7) is 0.672. The van der Waals surface area contributed by atoms with E-state index in [9.17, 15) is 23.1 Å². The fourth-order valence-electron chi connectivity index (χ4n) is 5.26. The molecule has 190 valence electrons. The smallest absolute Gasteiger partial charge is 0.380 e. The van der Waals surface area contributed by atoms with Crippen molar-refractivity contribution in [2.24, 2.45) is 0 Å². The average Bonchev–Trinajstić information content (AvgIpc) is 2.82. The number of hydrogen-bond acceptors (Lipinski definition) is 5. The molecule has 2 aromatic carbocycles. The van der Waals surface area contributed by atoms with Gasteiger partial charge in [0, 0.05) is 33.2 Å². The molecular weight excluding hydrogens is 461 g/mol. The summed E-state index contributed by atoms with van der Waals surface area (Å²) in [5.41, 5.74) is 0.354. The molecule has 0 radical (unpaired) electrons. The van der Waals surface area contributed by atoms with Crippen molar-refractivity contribution < 1.29 is 34.0 Å². The fraction of sp³-hybridized carbons (Fsp3) is 0.500. The standard InChI is InChI=1S/C26H29F3N2O4.H2/c27-26(28,29)16-30-14-22(19-4-2-1-3-5-19)35-24(15-30)10-12-31(13-11-24)23(32)20-6-8-21(9-7-20)25(33)17-34-18-25;/h1-9,22,33H,10-18H2;1H. The van der Waals surface area contributed by atoms with E-state index in [-0.39, 0.29) is 33.6 Å². The summed E-state index contributed by atoms with van der Waals surface area (Å²) in [6.07, 6.45) is -3.82. The van der Waals surface area contributed by atoms with Crippen LogP contribution in [0.4, 0.5) is 13.2 Å². The van der Waals surface area contributed by atoms with Crippen molar-refractivity contribution in [3.63, 3.8) is 0 Å². The first-order valence-electron chi connectivity index (χ1n) is 11.9. The van der Waals surface area contributed by atoms with Crippen LogP contribution < -0.4 is 0 Å². The Morgan fingerprint density at radius 2 is 1.71 bits per heavy atom. The number of ether oxygens (including phenoxy) is 2. The quantitative estimate of drug-likeness (QED) is 0.705. The second kappa shape index (κ2) is 9.20. The van der Waals surface area contributed by atoms with Crippen LogP contribution in [-0.2, 0) is 15.1 Å². The van der Waals surface area contributed by atoms with Crippen molar-refractivity contribution in [2.45, 2.75) is 36.3 Å². The minimum Gasteiger partial charge on any atom is -0.380 e. The zero-order valence-electron chi connectivity index (χ0n) is 19.3. The van der Waals surface area contributed by atoms with E-state index in [1.807, 2.05) is 30.3 Å². The number of hydrogen-bond donors (Lipinski definition) is 1. The Morgan fingerprint density at radius 3 is 2.29 bits per heavy atom. The third kappa shape index (κ3) is 5.23. The van der Waals surface area contributed by atoms with Crippen molar-refractivity contribution in [1.29, 1.82) is 0 Å². The van der Waals surface area contributed by atoms with Crippen LogP contribution in [0.2, 0.25) is 0 Å². The Hall–Kier alpha value is -2.46. The second-order valence-electron chi connectivity index (χ2n) is 9.88. The van der Waals surface area contributed by atoms with E-state index in [0.717, 1.165) is 5.56 Å². The van der Waals surface area contributed by atoms with Gasteiger partial charge in [0.05, 0.1) is 31.5 Å². The first-order chi connectivity index (χ1) is 16.6. The number of carbonyl (C=O) groups excluding carboxylic acids is 1. The number of morpholine rings is 1. The average molecular weight is 493 g/mol. The van der Waals surface area contributed by atoms with Crippen molar-refractivity contribution in [3.05, 3.63) is 71.3 Å². The molecule has 3 aliphatic heterocycles. The van der Waals surface area contributed by atoms with Gasteiger partial charge in [0.25, 0.3) is 5.91 Å². The molecule has 0 aromatic heterocycles. The molecule has 3 aliphatic rings. The van der Waals surface area contributed by atoms with Crippen LogP contribution in [0.3, 0.4) is 0 Å². The molecule has 1 spiro atoms. The minimum atomic E-state index is -4.29. The highest BCUT2D eigenvalue weighted by Crippen LogP contribution is 2.39. The molecule has 3 fully saturated rings. The van der Waals surface area contributed by atoms with Crippen LogP contribution in [0.1, 0.15) is 41.9 Å². The number of nitrogens with zero attached hydrogens (tertiary/aromatic N) is 2. The van der Waals surface area contributed by atoms with Crippen LogP contribution in [0.5, 0.6) is 0 Å². The van der Waals surface area contributed by atoms with Gasteiger partial charge in [0.15, 0.2) is 0 Å². The lowest BCUT2D eigenvalue weighted by atomic mass is 9.87. The van der Waals surface area contributed by atoms with Gasteiger partial charge in [0.1, 0.15) is 5.60 Å². The molecule has 3 heterocycles. The number of benzene rings is 2. The predicted molar refractivity (Wildman–Crippen MR) is 124 cm³/mol. The van der Waals surface area contributed by atoms with E-state index in [4.69, 9.17) is 9.47 Å². The van der Waals surface area contributed by atoms with E-state index in [1.165, 1.54) is 4.90 Å². The van der Waals surface area contributed by atoms with Crippen LogP contribution in [0, 0.1) is 0 Å². The van der Waals surface area contributed by atoms with E-state index in [2.05, 4.69) is 0 Å². The first-order valence-corrected chi connectivity index (χ1v) is 11.9. The van der Waals surface area contributed by atoms with Crippen molar-refractivity contribution in [3.8, 4) is 0 Å². The van der Waals surface area contributed by atoms with Crippen LogP contribution >= 0.6 is 0 Å². The number of rotatable bonds is 4. The van der Waals surface area contributed by atoms with Gasteiger partial charge in [-0.2, -0.15) is 13.2 Å². The molecule has 9 heteroatoms. The molecule has 0 saturated carbocycles. The summed E-state index contributed by atoms with van der Waals surface area (Å²) >= 11 is 0. The lowest BCUT2D eigenvalue weighted by Gasteiger charge is -2.50. The van der Waals surface area contributed by atoms with Crippen LogP contribution in [0.15, 0.2) is 54.6 Å². The molecule has 2 aromatic rings. The summed E-state index contributed by atoms with van der Waals surface area (Å²) in [6, 6.07) is 16.2. The Labute approximate surface area is 203 Å². The molecule has 6 nitrogen and oxygen atoms in total. The molecule has 5 rings (SSSR count). The molecule has 0 bridgehead atoms. The Balaban J connectivity index is 0.00000304. The lowest BCUT2D eigenvalue weighted by molar-refractivity contribution is -0.205. The predicted octanol–water partition coefficient (Wildman–Crippen LogP) is 3.76. The topological polar surface area (TPSA) is 62.2 Å². The van der Waals surface area contributed by atoms with Gasteiger partial charge in [-0.25, -0.2) is 0 Å². The highest BCUT2D eigenvalue weighted by atomic mass is 19.4. The Bertz CT molecular complexity index is 1040. The molecule has 3 saturated heterocycles. The highest BCUT2D eigenvalue weighted by molar-refractivity contribution is 5.94. The maximum atomic E-state index is 13.3. The normalized spacial score (nSPS) is 24.2. The zero-order valence-corrected chi connectivity index (χ0v) is 19.3. The summed E-state index contributed by atoms with van der Waals surface area (Å²) in [5.74, 6) is -0.134. The number of likely N-dealkylation sites (tertiary alicyclic amines) is 1. The number of carbonyl (C=O) groups is 1. The lowest BCUT2D eigenvalue weighted by Crippen LogP contribution is -2.59. The zero-order chi connectivity index (χ0) is 24.7. The summed E-state index contributed by atoms with van der Waals surface area (Å²) in [5, 5.41) is 10.4. The summed E-state index contributed by atoms with van der Waals surface area (Å²) in [7, 11) is 0. The van der Waals surface area contributed by atoms with Crippen molar-refractivity contribution in [2.75, 3.05) is 45.9 Å². The summed E-state index contributed by atoms with van der Waals surface area (Å²) in [4.78, 5) is 16.3. The van der Waals surface area contributed by atoms with E-state index < -0.39 is 30.0 Å². The van der Waals surface area contributed by atoms with Gasteiger partial charge >= 0.3 is 6.18 Å². The number of amides is 1. The van der Waals surface area contributed by atoms with Crippen molar-refractivity contribution >= 4 is 5.91 Å². The molecule has 35 heavy (non-hydrogen) atoms. The number of halogens is 3. The molecule has 1 atom stereocenters. The molecule has 0 aliphatic carbocycles. The van der Waals surface area contributed by atoms with E-state index in [0.29, 0.717) is 37.1 Å². The van der Waals surface area contributed by atoms with Crippen LogP contribution in [-0.4, -0.2) is 78.5 Å². The SMILES string of the molecule is O=C(c1ccc(C2(O)COC2)cc1)N1CCC2(CC1)CN(CC(F)(F)F)CC(c1ccccc1)O2.[HH]. The third-order valence-electron chi connectivity index (χ3n) is 7.22. The van der Waals surface area contributed by atoms with Gasteiger partial charge in [-0.1, -0.05) is 42.5 Å². The number of alkyl halides is 3. The molecule has 1 N–H and O–H groups in total. The van der Waals surface area contributed by atoms with Crippen molar-refractivity contribution in [1.82, 2.24) is 9.80 Å². The first kappa shape index (κ1) is 24.2. The maximum absolute atomic E-state index is 13.3. The monoisotopic (exact) mass is 492 g/mol. The van der Waals surface area contributed by atoms with Gasteiger partial charge < -0.3 is 19.5 Å². The third-order valence-corrected chi connectivity index (χ3v) is 7.22. The minimum absolute atomic E-state index is 0. The van der Waals surface area contributed by atoms with Gasteiger partial charge in [0.2, 0.25) is 0 Å². The van der Waals surface area contributed by atoms with Gasteiger partial charge in [-0.15, -0.1) is 0 Å². The number of piperidine rings is 1. The van der Waals surface area contributed by atoms with Crippen LogP contribution in [0.25, 0.3) is 0 Å². The highest BCUT2D eigenvalue weighted by Gasteiger charge is 2.46. The maximum Gasteiger partial charge on any atom is 0.401 e. The van der Waals surface area contributed by atoms with E-state index in [1.54, 1.807) is 29.2 Å². The molecular formula is C26H31F3N2O4. The molecule has 1 unspecified atom stereocenters. The largest absolute Gasteiger partial charge is 0.401 e. The van der Waals surface area contributed by atoms with E-state index >= 15 is 0 Å². The number of aliphatic hydroxyl groups is 1. The fourth-order valence-corrected chi connectivity index (χ4v) is 5.26. The van der Waals surface area contributed by atoms with Gasteiger partial charge in [-0.05, 0) is 36.1 Å². The second-order valence-corrected chi connectivity index (χ2v) is 9.88. The summed E-state index contributed by atoms with van der Waals surface area (Å²) < 4.78 is 51.3. The van der Waals surface area contributed by atoms with Gasteiger partial charge in [-0.3, -0.25) is 9.69 Å². The Morgan fingerprint density at radius 1 is 1.06 bits per heavy atom. The Kier molecular flexibility index (Phi) is 6.37.